The lowest BCUT2D eigenvalue weighted by Gasteiger charge is -1.88. The van der Waals surface area contributed by atoms with E-state index in [-0.39, 0.29) is 0 Å². The topological polar surface area (TPSA) is 69.1 Å². The van der Waals surface area contributed by atoms with Gasteiger partial charge in [-0.2, -0.15) is 0 Å². The Labute approximate surface area is 64.9 Å². The number of hydrogen-bond acceptors (Lipinski definition) is 3. The zero-order valence-corrected chi connectivity index (χ0v) is 6.65. The Balaban J connectivity index is 2.58. The number of amidine groups is 1. The Kier molecular flexibility index (Phi) is 2.20. The second kappa shape index (κ2) is 3.14. The Morgan fingerprint density at radius 2 is 2.55 bits per heavy atom. The molecule has 0 bridgehead atoms. The van der Waals surface area contributed by atoms with Crippen molar-refractivity contribution in [3.8, 4) is 0 Å². The first-order valence-corrected chi connectivity index (χ1v) is 3.30. The molecule has 0 radical (unpaired) electrons. The summed E-state index contributed by atoms with van der Waals surface area (Å²) in [6.45, 7) is 2.26. The van der Waals surface area contributed by atoms with Crippen molar-refractivity contribution in [2.24, 2.45) is 17.8 Å². The van der Waals surface area contributed by atoms with E-state index in [0.717, 1.165) is 5.69 Å². The molecule has 1 aromatic heterocycles. The van der Waals surface area contributed by atoms with E-state index in [1.54, 1.807) is 11.6 Å². The van der Waals surface area contributed by atoms with E-state index in [2.05, 4.69) is 15.3 Å². The van der Waals surface area contributed by atoms with Crippen molar-refractivity contribution in [2.45, 2.75) is 13.5 Å². The molecule has 1 heterocycles. The van der Waals surface area contributed by atoms with Gasteiger partial charge in [-0.05, 0) is 6.92 Å². The standard InChI is InChI=1S/C6H11N5/c1-5(7)8-3-6-4-11(2)10-9-6/h4H,3H2,1-2H3,(H2,7,8). The van der Waals surface area contributed by atoms with Gasteiger partial charge in [-0.15, -0.1) is 5.10 Å². The van der Waals surface area contributed by atoms with Crippen LogP contribution < -0.4 is 5.73 Å². The average molecular weight is 153 g/mol. The van der Waals surface area contributed by atoms with Gasteiger partial charge in [0.05, 0.1) is 12.4 Å². The van der Waals surface area contributed by atoms with Crippen LogP contribution in [-0.4, -0.2) is 20.8 Å². The summed E-state index contributed by atoms with van der Waals surface area (Å²) in [7, 11) is 1.81. The molecular formula is C6H11N5. The summed E-state index contributed by atoms with van der Waals surface area (Å²) in [6, 6.07) is 0. The van der Waals surface area contributed by atoms with Gasteiger partial charge in [0.15, 0.2) is 0 Å². The van der Waals surface area contributed by atoms with Crippen LogP contribution in [0.4, 0.5) is 0 Å². The zero-order valence-electron chi connectivity index (χ0n) is 6.65. The van der Waals surface area contributed by atoms with Crippen molar-refractivity contribution in [1.82, 2.24) is 15.0 Å². The van der Waals surface area contributed by atoms with Gasteiger partial charge in [0.25, 0.3) is 0 Å². The molecule has 0 amide bonds. The second-order valence-corrected chi connectivity index (χ2v) is 2.34. The Hall–Kier alpha value is -1.39. The number of rotatable bonds is 2. The Bertz CT molecular complexity index is 258. The van der Waals surface area contributed by atoms with Crippen molar-refractivity contribution in [2.75, 3.05) is 0 Å². The van der Waals surface area contributed by atoms with E-state index in [1.807, 2.05) is 13.2 Å². The molecule has 0 saturated heterocycles. The van der Waals surface area contributed by atoms with Crippen LogP contribution in [0.15, 0.2) is 11.2 Å². The third-order valence-corrected chi connectivity index (χ3v) is 1.14. The molecule has 0 aliphatic rings. The third kappa shape index (κ3) is 2.37. The van der Waals surface area contributed by atoms with Crippen molar-refractivity contribution in [1.29, 1.82) is 0 Å². The molecule has 0 atom stereocenters. The molecule has 1 rings (SSSR count). The number of nitrogens with two attached hydrogens (primary N) is 1. The highest BCUT2D eigenvalue weighted by Gasteiger charge is 1.94. The summed E-state index contributed by atoms with van der Waals surface area (Å²) in [6.07, 6.45) is 1.81. The van der Waals surface area contributed by atoms with Gasteiger partial charge in [-0.1, -0.05) is 5.21 Å². The summed E-state index contributed by atoms with van der Waals surface area (Å²) < 4.78 is 1.64. The van der Waals surface area contributed by atoms with Gasteiger partial charge >= 0.3 is 0 Å². The lowest BCUT2D eigenvalue weighted by Crippen LogP contribution is -2.05. The first kappa shape index (κ1) is 7.71. The van der Waals surface area contributed by atoms with Crippen LogP contribution in [0, 0.1) is 0 Å². The van der Waals surface area contributed by atoms with E-state index in [9.17, 15) is 0 Å². The van der Waals surface area contributed by atoms with Crippen LogP contribution in [0.3, 0.4) is 0 Å². The largest absolute Gasteiger partial charge is 0.388 e. The lowest BCUT2D eigenvalue weighted by atomic mass is 10.5. The maximum absolute atomic E-state index is 5.34. The summed E-state index contributed by atoms with van der Waals surface area (Å²) >= 11 is 0. The fourth-order valence-electron chi connectivity index (χ4n) is 0.673. The van der Waals surface area contributed by atoms with Crippen LogP contribution in [0.1, 0.15) is 12.6 Å². The highest BCUT2D eigenvalue weighted by atomic mass is 15.4. The summed E-state index contributed by atoms with van der Waals surface area (Å²) in [5, 5.41) is 7.59. The molecule has 11 heavy (non-hydrogen) atoms. The molecule has 5 nitrogen and oxygen atoms in total. The summed E-state index contributed by atoms with van der Waals surface area (Å²) in [5.41, 5.74) is 6.17. The van der Waals surface area contributed by atoms with Crippen LogP contribution in [0.2, 0.25) is 0 Å². The maximum Gasteiger partial charge on any atom is 0.104 e. The van der Waals surface area contributed by atoms with Crippen molar-refractivity contribution < 1.29 is 0 Å². The fourth-order valence-corrected chi connectivity index (χ4v) is 0.673. The van der Waals surface area contributed by atoms with Crippen LogP contribution in [0.5, 0.6) is 0 Å². The normalized spacial score (nSPS) is 12.0. The van der Waals surface area contributed by atoms with Crippen molar-refractivity contribution in [3.05, 3.63) is 11.9 Å². The quantitative estimate of drug-likeness (QED) is 0.468. The molecular weight excluding hydrogens is 142 g/mol. The van der Waals surface area contributed by atoms with Crippen LogP contribution in [0.25, 0.3) is 0 Å². The SMILES string of the molecule is CC(N)=NCc1cn(C)nn1. The molecule has 1 aromatic rings. The van der Waals surface area contributed by atoms with E-state index in [4.69, 9.17) is 5.73 Å². The predicted octanol–water partition coefficient (Wildman–Crippen LogP) is -0.308. The van der Waals surface area contributed by atoms with Gasteiger partial charge in [-0.3, -0.25) is 9.67 Å². The maximum atomic E-state index is 5.34. The molecule has 0 unspecified atom stereocenters. The zero-order chi connectivity index (χ0) is 8.27. The van der Waals surface area contributed by atoms with Gasteiger partial charge in [-0.25, -0.2) is 0 Å². The van der Waals surface area contributed by atoms with Crippen molar-refractivity contribution in [3.63, 3.8) is 0 Å². The first-order valence-electron chi connectivity index (χ1n) is 3.30. The van der Waals surface area contributed by atoms with Crippen molar-refractivity contribution >= 4 is 5.84 Å². The van der Waals surface area contributed by atoms with E-state index < -0.39 is 0 Å². The number of hydrogen-bond donors (Lipinski definition) is 1. The van der Waals surface area contributed by atoms with E-state index >= 15 is 0 Å². The number of aromatic nitrogens is 3. The van der Waals surface area contributed by atoms with E-state index in [0.29, 0.717) is 12.4 Å². The van der Waals surface area contributed by atoms with E-state index in [1.165, 1.54) is 0 Å². The number of aryl methyl sites for hydroxylation is 1. The molecule has 0 aliphatic heterocycles. The summed E-state index contributed by atoms with van der Waals surface area (Å²) in [4.78, 5) is 3.99. The van der Waals surface area contributed by atoms with Crippen LogP contribution >= 0.6 is 0 Å². The summed E-state index contributed by atoms with van der Waals surface area (Å²) in [5.74, 6) is 0.565. The molecule has 2 N–H and O–H groups in total. The molecule has 60 valence electrons. The first-order chi connectivity index (χ1) is 5.18. The van der Waals surface area contributed by atoms with Gasteiger partial charge in [0.1, 0.15) is 5.69 Å². The van der Waals surface area contributed by atoms with Gasteiger partial charge < -0.3 is 5.73 Å². The minimum absolute atomic E-state index is 0.510. The Morgan fingerprint density at radius 3 is 3.00 bits per heavy atom. The smallest absolute Gasteiger partial charge is 0.104 e. The molecule has 0 aliphatic carbocycles. The monoisotopic (exact) mass is 153 g/mol. The average Bonchev–Trinajstić information content (AvgIpc) is 2.31. The number of aliphatic imine (C=N–C) groups is 1. The molecule has 0 fully saturated rings. The highest BCUT2D eigenvalue weighted by molar-refractivity contribution is 5.77. The Morgan fingerprint density at radius 1 is 1.82 bits per heavy atom. The molecule has 0 spiro atoms. The van der Waals surface area contributed by atoms with Gasteiger partial charge in [0, 0.05) is 13.2 Å². The fraction of sp³-hybridized carbons (Fsp3) is 0.500. The molecule has 5 heteroatoms. The second-order valence-electron chi connectivity index (χ2n) is 2.34. The third-order valence-electron chi connectivity index (χ3n) is 1.14. The minimum Gasteiger partial charge on any atom is -0.388 e. The minimum atomic E-state index is 0.510. The van der Waals surface area contributed by atoms with Crippen LogP contribution in [-0.2, 0) is 13.6 Å². The van der Waals surface area contributed by atoms with Gasteiger partial charge in [0.2, 0.25) is 0 Å². The number of nitrogens with zero attached hydrogens (tertiary/aromatic N) is 4. The molecule has 0 saturated carbocycles. The predicted molar refractivity (Wildman–Crippen MR) is 42.0 cm³/mol. The highest BCUT2D eigenvalue weighted by Crippen LogP contribution is 1.92. The lowest BCUT2D eigenvalue weighted by molar-refractivity contribution is 0.713. The molecule has 0 aromatic carbocycles.